The molecule has 0 aromatic rings. The Kier molecular flexibility index (Phi) is 8.35. The summed E-state index contributed by atoms with van der Waals surface area (Å²) in [6.45, 7) is 2.19. The van der Waals surface area contributed by atoms with Crippen LogP contribution in [0.15, 0.2) is 0 Å². The van der Waals surface area contributed by atoms with Crippen LogP contribution >= 0.6 is 9.24 Å². The van der Waals surface area contributed by atoms with Crippen LogP contribution in [0.4, 0.5) is 0 Å². The molecule has 0 rings (SSSR count). The summed E-state index contributed by atoms with van der Waals surface area (Å²) < 4.78 is 0. The molecule has 0 fully saturated rings. The van der Waals surface area contributed by atoms with Gasteiger partial charge in [0.25, 0.3) is 0 Å². The zero-order chi connectivity index (χ0) is 11.6. The molecule has 0 saturated heterocycles. The molecule has 0 aliphatic carbocycles. The van der Waals surface area contributed by atoms with Crippen molar-refractivity contribution < 1.29 is 0 Å². The Hall–Kier alpha value is -0.590. The summed E-state index contributed by atoms with van der Waals surface area (Å²) in [6.07, 6.45) is 7.79. The van der Waals surface area contributed by atoms with Gasteiger partial charge in [0.2, 0.25) is 0 Å². The van der Waals surface area contributed by atoms with Crippen molar-refractivity contribution >= 4 is 9.24 Å². The predicted octanol–water partition coefficient (Wildman–Crippen LogP) is 3.79. The van der Waals surface area contributed by atoms with E-state index < -0.39 is 0 Å². The lowest BCUT2D eigenvalue weighted by Gasteiger charge is -2.27. The van der Waals surface area contributed by atoms with Gasteiger partial charge >= 0.3 is 0 Å². The lowest BCUT2D eigenvalue weighted by atomic mass is 9.91. The van der Waals surface area contributed by atoms with E-state index in [9.17, 15) is 0 Å². The lowest BCUT2D eigenvalue weighted by molar-refractivity contribution is 0.454. The first-order chi connectivity index (χ1) is 7.18. The molecule has 0 amide bonds. The third-order valence-electron chi connectivity index (χ3n) is 2.75. The van der Waals surface area contributed by atoms with Crippen LogP contribution in [0.2, 0.25) is 0 Å². The van der Waals surface area contributed by atoms with Gasteiger partial charge in [0.05, 0.1) is 12.1 Å². The molecule has 0 aromatic heterocycles. The van der Waals surface area contributed by atoms with Gasteiger partial charge in [0.1, 0.15) is 0 Å². The molecule has 0 heterocycles. The molecule has 0 saturated carbocycles. The molecule has 0 aliphatic rings. The highest BCUT2D eigenvalue weighted by atomic mass is 31.0. The first-order valence-corrected chi connectivity index (χ1v) is 6.29. The number of hydrogen-bond donors (Lipinski definition) is 0. The molecule has 0 aliphatic heterocycles. The molecule has 0 spiro atoms. The van der Waals surface area contributed by atoms with Gasteiger partial charge in [0.15, 0.2) is 0 Å². The lowest BCUT2D eigenvalue weighted by Crippen LogP contribution is -2.20. The van der Waals surface area contributed by atoms with Crippen molar-refractivity contribution in [1.82, 2.24) is 0 Å². The van der Waals surface area contributed by atoms with E-state index in [2.05, 4.69) is 28.3 Å². The molecule has 0 N–H and O–H groups in total. The van der Waals surface area contributed by atoms with Crippen molar-refractivity contribution in [2.24, 2.45) is 0 Å². The van der Waals surface area contributed by atoms with E-state index in [1.54, 1.807) is 0 Å². The largest absolute Gasteiger partial charge is 0.198 e. The third-order valence-corrected chi connectivity index (χ3v) is 3.61. The highest BCUT2D eigenvalue weighted by Crippen LogP contribution is 2.35. The molecular formula is C12H21N2P. The number of hydrogen-bond acceptors (Lipinski definition) is 2. The van der Waals surface area contributed by atoms with Gasteiger partial charge in [-0.2, -0.15) is 10.5 Å². The summed E-state index contributed by atoms with van der Waals surface area (Å²) in [5.41, 5.74) is 0. The fraction of sp³-hybridized carbons (Fsp3) is 0.833. The fourth-order valence-electron chi connectivity index (χ4n) is 1.71. The van der Waals surface area contributed by atoms with Gasteiger partial charge in [0, 0.05) is 12.8 Å². The SMILES string of the molecule is CCCCCC(P)(CCC#N)CCC#N. The van der Waals surface area contributed by atoms with E-state index in [4.69, 9.17) is 10.5 Å². The Morgan fingerprint density at radius 1 is 1.00 bits per heavy atom. The van der Waals surface area contributed by atoms with Crippen LogP contribution in [-0.4, -0.2) is 5.16 Å². The van der Waals surface area contributed by atoms with Gasteiger partial charge < -0.3 is 0 Å². The Balaban J connectivity index is 4.03. The molecule has 0 bridgehead atoms. The minimum Gasteiger partial charge on any atom is -0.198 e. The molecule has 1 atom stereocenters. The zero-order valence-electron chi connectivity index (χ0n) is 9.63. The Morgan fingerprint density at radius 3 is 1.93 bits per heavy atom. The van der Waals surface area contributed by atoms with E-state index in [0.29, 0.717) is 12.8 Å². The van der Waals surface area contributed by atoms with E-state index in [1.807, 2.05) is 0 Å². The van der Waals surface area contributed by atoms with Crippen LogP contribution in [0.3, 0.4) is 0 Å². The van der Waals surface area contributed by atoms with E-state index in [-0.39, 0.29) is 5.16 Å². The van der Waals surface area contributed by atoms with Crippen molar-refractivity contribution in [3.8, 4) is 12.1 Å². The zero-order valence-corrected chi connectivity index (χ0v) is 10.8. The summed E-state index contributed by atoms with van der Waals surface area (Å²) in [6, 6.07) is 4.39. The van der Waals surface area contributed by atoms with Crippen LogP contribution in [0, 0.1) is 22.7 Å². The van der Waals surface area contributed by atoms with Gasteiger partial charge in [-0.25, -0.2) is 0 Å². The maximum atomic E-state index is 8.60. The quantitative estimate of drug-likeness (QED) is 0.465. The second kappa shape index (κ2) is 8.70. The number of nitriles is 2. The highest BCUT2D eigenvalue weighted by molar-refractivity contribution is 7.19. The summed E-state index contributed by atoms with van der Waals surface area (Å²) in [7, 11) is 2.88. The highest BCUT2D eigenvalue weighted by Gasteiger charge is 2.22. The first kappa shape index (κ1) is 14.4. The molecule has 0 aromatic carbocycles. The Morgan fingerprint density at radius 2 is 1.53 bits per heavy atom. The second-order valence-electron chi connectivity index (χ2n) is 4.14. The van der Waals surface area contributed by atoms with Crippen LogP contribution in [-0.2, 0) is 0 Å². The van der Waals surface area contributed by atoms with Crippen LogP contribution in [0.5, 0.6) is 0 Å². The van der Waals surface area contributed by atoms with Gasteiger partial charge in [-0.1, -0.05) is 26.2 Å². The summed E-state index contributed by atoms with van der Waals surface area (Å²) in [5, 5.41) is 17.3. The van der Waals surface area contributed by atoms with E-state index in [1.165, 1.54) is 19.3 Å². The van der Waals surface area contributed by atoms with Crippen molar-refractivity contribution in [1.29, 1.82) is 10.5 Å². The topological polar surface area (TPSA) is 47.6 Å². The molecular weight excluding hydrogens is 203 g/mol. The van der Waals surface area contributed by atoms with Crippen molar-refractivity contribution in [3.63, 3.8) is 0 Å². The molecule has 2 nitrogen and oxygen atoms in total. The van der Waals surface area contributed by atoms with E-state index in [0.717, 1.165) is 19.3 Å². The Labute approximate surface area is 95.9 Å². The summed E-state index contributed by atoms with van der Waals surface area (Å²) in [4.78, 5) is 0. The average molecular weight is 224 g/mol. The van der Waals surface area contributed by atoms with Crippen molar-refractivity contribution in [2.75, 3.05) is 0 Å². The number of rotatable bonds is 8. The first-order valence-electron chi connectivity index (χ1n) is 5.71. The van der Waals surface area contributed by atoms with Crippen molar-refractivity contribution in [2.45, 2.75) is 63.4 Å². The smallest absolute Gasteiger partial charge is 0.0622 e. The third kappa shape index (κ3) is 7.35. The number of nitrogens with zero attached hydrogens (tertiary/aromatic N) is 2. The predicted molar refractivity (Wildman–Crippen MR) is 66.3 cm³/mol. The fourth-order valence-corrected chi connectivity index (χ4v) is 2.20. The number of unbranched alkanes of at least 4 members (excludes halogenated alkanes) is 2. The minimum absolute atomic E-state index is 0.126. The minimum atomic E-state index is 0.126. The maximum Gasteiger partial charge on any atom is 0.0622 e. The normalized spacial score (nSPS) is 10.7. The Bertz CT molecular complexity index is 219. The van der Waals surface area contributed by atoms with Gasteiger partial charge in [-0.05, 0) is 24.4 Å². The molecule has 3 heteroatoms. The van der Waals surface area contributed by atoms with Crippen LogP contribution in [0.25, 0.3) is 0 Å². The van der Waals surface area contributed by atoms with Crippen LogP contribution in [0.1, 0.15) is 58.3 Å². The summed E-state index contributed by atoms with van der Waals surface area (Å²) in [5.74, 6) is 0. The molecule has 1 unspecified atom stereocenters. The van der Waals surface area contributed by atoms with Crippen LogP contribution < -0.4 is 0 Å². The molecule has 84 valence electrons. The standard InChI is InChI=1S/C12H21N2P/c1-2-3-4-7-12(15,8-5-10-13)9-6-11-14/h2-9,15H2,1H3. The van der Waals surface area contributed by atoms with Gasteiger partial charge in [-0.15, -0.1) is 9.24 Å². The molecule has 15 heavy (non-hydrogen) atoms. The molecule has 0 radical (unpaired) electrons. The monoisotopic (exact) mass is 224 g/mol. The average Bonchev–Trinajstić information content (AvgIpc) is 2.24. The van der Waals surface area contributed by atoms with Gasteiger partial charge in [-0.3, -0.25) is 0 Å². The maximum absolute atomic E-state index is 8.60. The summed E-state index contributed by atoms with van der Waals surface area (Å²) >= 11 is 0. The second-order valence-corrected chi connectivity index (χ2v) is 5.36. The van der Waals surface area contributed by atoms with E-state index >= 15 is 0 Å². The van der Waals surface area contributed by atoms with Crippen molar-refractivity contribution in [3.05, 3.63) is 0 Å².